The first kappa shape index (κ1) is 12.6. The maximum atomic E-state index is 13.1. The molecule has 20 heavy (non-hydrogen) atoms. The van der Waals surface area contributed by atoms with E-state index in [1.54, 1.807) is 12.1 Å². The molecule has 0 unspecified atom stereocenters. The minimum atomic E-state index is -0.439. The third-order valence-electron chi connectivity index (χ3n) is 2.65. The van der Waals surface area contributed by atoms with E-state index in [9.17, 15) is 9.18 Å². The molecule has 1 amide bonds. The minimum Gasteiger partial charge on any atom is -0.334 e. The number of halogens is 2. The number of fused-ring (bicyclic) bond motifs is 1. The number of carbonyl (C=O) groups is 1. The molecule has 0 aliphatic carbocycles. The van der Waals surface area contributed by atoms with Gasteiger partial charge in [0.2, 0.25) is 0 Å². The number of amides is 1. The molecule has 0 aliphatic heterocycles. The van der Waals surface area contributed by atoms with E-state index < -0.39 is 11.7 Å². The summed E-state index contributed by atoms with van der Waals surface area (Å²) < 4.78 is 13.1. The van der Waals surface area contributed by atoms with E-state index in [-0.39, 0.29) is 5.82 Å². The van der Waals surface area contributed by atoms with E-state index in [2.05, 4.69) is 20.3 Å². The maximum absolute atomic E-state index is 13.1. The minimum absolute atomic E-state index is 0.0977. The number of anilines is 1. The zero-order chi connectivity index (χ0) is 14.1. The Bertz CT molecular complexity index is 785. The number of pyridine rings is 1. The van der Waals surface area contributed by atoms with Gasteiger partial charge in [0, 0.05) is 6.07 Å². The number of nitrogens with one attached hydrogen (secondary N) is 2. The monoisotopic (exact) mass is 290 g/mol. The van der Waals surface area contributed by atoms with Crippen molar-refractivity contribution in [2.24, 2.45) is 0 Å². The van der Waals surface area contributed by atoms with Crippen LogP contribution in [-0.4, -0.2) is 20.9 Å². The Balaban J connectivity index is 1.86. The zero-order valence-electron chi connectivity index (χ0n) is 10.0. The molecule has 0 fully saturated rings. The van der Waals surface area contributed by atoms with Crippen LogP contribution in [0.15, 0.2) is 36.5 Å². The average molecular weight is 291 g/mol. The lowest BCUT2D eigenvalue weighted by Crippen LogP contribution is -2.13. The number of carbonyl (C=O) groups excluding carboxylic acids is 1. The van der Waals surface area contributed by atoms with Crippen LogP contribution < -0.4 is 5.32 Å². The predicted molar refractivity (Wildman–Crippen MR) is 73.3 cm³/mol. The van der Waals surface area contributed by atoms with E-state index in [1.807, 2.05) is 0 Å². The Morgan fingerprint density at radius 2 is 2.15 bits per heavy atom. The van der Waals surface area contributed by atoms with Gasteiger partial charge in [0.05, 0.1) is 22.9 Å². The highest BCUT2D eigenvalue weighted by atomic mass is 35.5. The van der Waals surface area contributed by atoms with Gasteiger partial charge in [0.15, 0.2) is 5.82 Å². The van der Waals surface area contributed by atoms with Crippen LogP contribution >= 0.6 is 11.6 Å². The van der Waals surface area contributed by atoms with Crippen molar-refractivity contribution in [2.75, 3.05) is 5.32 Å². The second kappa shape index (κ2) is 4.90. The molecule has 2 N–H and O–H groups in total. The Morgan fingerprint density at radius 3 is 2.90 bits per heavy atom. The average Bonchev–Trinajstić information content (AvgIpc) is 2.84. The van der Waals surface area contributed by atoms with Crippen molar-refractivity contribution in [3.05, 3.63) is 53.3 Å². The van der Waals surface area contributed by atoms with Gasteiger partial charge >= 0.3 is 0 Å². The number of hydrogen-bond acceptors (Lipinski definition) is 3. The fourth-order valence-corrected chi connectivity index (χ4v) is 1.84. The van der Waals surface area contributed by atoms with Crippen LogP contribution in [0.4, 0.5) is 10.1 Å². The summed E-state index contributed by atoms with van der Waals surface area (Å²) in [6, 6.07) is 7.26. The van der Waals surface area contributed by atoms with Crippen molar-refractivity contribution in [3.8, 4) is 0 Å². The van der Waals surface area contributed by atoms with Crippen LogP contribution in [-0.2, 0) is 0 Å². The Kier molecular flexibility index (Phi) is 3.08. The van der Waals surface area contributed by atoms with Gasteiger partial charge in [-0.25, -0.2) is 14.4 Å². The molecule has 0 spiro atoms. The van der Waals surface area contributed by atoms with Gasteiger partial charge in [0.1, 0.15) is 11.0 Å². The molecular weight excluding hydrogens is 283 g/mol. The zero-order valence-corrected chi connectivity index (χ0v) is 10.8. The normalized spacial score (nSPS) is 10.7. The first-order valence-electron chi connectivity index (χ1n) is 5.70. The van der Waals surface area contributed by atoms with Crippen molar-refractivity contribution >= 4 is 34.2 Å². The summed E-state index contributed by atoms with van der Waals surface area (Å²) in [5.41, 5.74) is 1.47. The predicted octanol–water partition coefficient (Wildman–Crippen LogP) is 3.00. The molecule has 2 aromatic heterocycles. The van der Waals surface area contributed by atoms with Gasteiger partial charge in [0.25, 0.3) is 5.91 Å². The number of imidazole rings is 1. The van der Waals surface area contributed by atoms with E-state index in [0.29, 0.717) is 21.9 Å². The van der Waals surface area contributed by atoms with Crippen LogP contribution in [0.3, 0.4) is 0 Å². The van der Waals surface area contributed by atoms with E-state index in [4.69, 9.17) is 11.6 Å². The maximum Gasteiger partial charge on any atom is 0.291 e. The molecular formula is C13H8ClFN4O. The Morgan fingerprint density at radius 1 is 1.30 bits per heavy atom. The molecule has 1 aromatic carbocycles. The van der Waals surface area contributed by atoms with Crippen LogP contribution in [0.2, 0.25) is 5.15 Å². The van der Waals surface area contributed by atoms with Gasteiger partial charge < -0.3 is 10.3 Å². The third-order valence-corrected chi connectivity index (χ3v) is 2.87. The smallest absolute Gasteiger partial charge is 0.291 e. The summed E-state index contributed by atoms with van der Waals surface area (Å²) >= 11 is 5.66. The first-order valence-corrected chi connectivity index (χ1v) is 6.08. The summed E-state index contributed by atoms with van der Waals surface area (Å²) in [5, 5.41) is 2.95. The van der Waals surface area contributed by atoms with Gasteiger partial charge in [-0.05, 0) is 24.3 Å². The Labute approximate surface area is 117 Å². The lowest BCUT2D eigenvalue weighted by molar-refractivity contribution is 0.101. The number of aromatic amines is 1. The molecule has 2 heterocycles. The largest absolute Gasteiger partial charge is 0.334 e. The SMILES string of the molecule is O=C(Nc1ccc(Cl)nc1)c1nc2cc(F)ccc2[nH]1. The second-order valence-electron chi connectivity index (χ2n) is 4.07. The number of aromatic nitrogens is 3. The molecule has 0 aliphatic rings. The van der Waals surface area contributed by atoms with Crippen molar-refractivity contribution in [3.63, 3.8) is 0 Å². The lowest BCUT2D eigenvalue weighted by Gasteiger charge is -2.01. The molecule has 5 nitrogen and oxygen atoms in total. The van der Waals surface area contributed by atoms with Gasteiger partial charge in [-0.15, -0.1) is 0 Å². The standard InChI is InChI=1S/C13H8ClFN4O/c14-11-4-2-8(6-16-11)17-13(20)12-18-9-3-1-7(15)5-10(9)19-12/h1-6H,(H,17,20)(H,18,19). The first-order chi connectivity index (χ1) is 9.61. The number of benzene rings is 1. The summed E-state index contributed by atoms with van der Waals surface area (Å²) in [6.45, 7) is 0. The fourth-order valence-electron chi connectivity index (χ4n) is 1.73. The molecule has 0 radical (unpaired) electrons. The van der Waals surface area contributed by atoms with Gasteiger partial charge in [-0.2, -0.15) is 0 Å². The second-order valence-corrected chi connectivity index (χ2v) is 4.46. The van der Waals surface area contributed by atoms with E-state index in [0.717, 1.165) is 0 Å². The molecule has 3 rings (SSSR count). The van der Waals surface area contributed by atoms with Crippen molar-refractivity contribution in [1.82, 2.24) is 15.0 Å². The molecule has 7 heteroatoms. The number of rotatable bonds is 2. The van der Waals surface area contributed by atoms with Gasteiger partial charge in [-0.3, -0.25) is 4.79 Å². The molecule has 0 bridgehead atoms. The highest BCUT2D eigenvalue weighted by molar-refractivity contribution is 6.29. The number of nitrogens with zero attached hydrogens (tertiary/aromatic N) is 2. The molecule has 0 atom stereocenters. The van der Waals surface area contributed by atoms with Crippen molar-refractivity contribution < 1.29 is 9.18 Å². The summed E-state index contributed by atoms with van der Waals surface area (Å²) in [4.78, 5) is 22.7. The van der Waals surface area contributed by atoms with Crippen LogP contribution in [0, 0.1) is 5.82 Å². The fraction of sp³-hybridized carbons (Fsp3) is 0. The van der Waals surface area contributed by atoms with Gasteiger partial charge in [-0.1, -0.05) is 11.6 Å². The third kappa shape index (κ3) is 2.46. The van der Waals surface area contributed by atoms with E-state index >= 15 is 0 Å². The molecule has 3 aromatic rings. The van der Waals surface area contributed by atoms with Crippen LogP contribution in [0.1, 0.15) is 10.6 Å². The molecule has 0 saturated heterocycles. The topological polar surface area (TPSA) is 70.7 Å². The molecule has 0 saturated carbocycles. The van der Waals surface area contributed by atoms with Crippen molar-refractivity contribution in [1.29, 1.82) is 0 Å². The van der Waals surface area contributed by atoms with Crippen LogP contribution in [0.25, 0.3) is 11.0 Å². The summed E-state index contributed by atoms with van der Waals surface area (Å²) in [7, 11) is 0. The lowest BCUT2D eigenvalue weighted by atomic mass is 10.3. The van der Waals surface area contributed by atoms with Crippen LogP contribution in [0.5, 0.6) is 0 Å². The Hall–Kier alpha value is -2.47. The highest BCUT2D eigenvalue weighted by Crippen LogP contribution is 2.15. The number of hydrogen-bond donors (Lipinski definition) is 2. The summed E-state index contributed by atoms with van der Waals surface area (Å²) in [6.07, 6.45) is 1.43. The van der Waals surface area contributed by atoms with E-state index in [1.165, 1.54) is 24.4 Å². The van der Waals surface area contributed by atoms with Crippen molar-refractivity contribution in [2.45, 2.75) is 0 Å². The number of H-pyrrole nitrogens is 1. The summed E-state index contributed by atoms with van der Waals surface area (Å²) in [5.74, 6) is -0.746. The quantitative estimate of drug-likeness (QED) is 0.713. The molecule has 100 valence electrons. The highest BCUT2D eigenvalue weighted by Gasteiger charge is 2.12.